The van der Waals surface area contributed by atoms with Crippen molar-refractivity contribution >= 4 is 5.91 Å². The first kappa shape index (κ1) is 13.9. The smallest absolute Gasteiger partial charge is 0.260 e. The zero-order valence-electron chi connectivity index (χ0n) is 11.5. The van der Waals surface area contributed by atoms with Crippen LogP contribution in [0.2, 0.25) is 0 Å². The maximum atomic E-state index is 12.0. The number of benzene rings is 1. The Morgan fingerprint density at radius 1 is 1.47 bits per heavy atom. The van der Waals surface area contributed by atoms with Crippen LogP contribution in [0.25, 0.3) is 0 Å². The molecule has 1 fully saturated rings. The third kappa shape index (κ3) is 3.47. The summed E-state index contributed by atoms with van der Waals surface area (Å²) in [5, 5.41) is 9.65. The molecule has 0 aliphatic heterocycles. The Morgan fingerprint density at radius 3 is 2.74 bits per heavy atom. The Labute approximate surface area is 114 Å². The van der Waals surface area contributed by atoms with Crippen LogP contribution in [0.3, 0.4) is 0 Å². The molecule has 0 spiro atoms. The van der Waals surface area contributed by atoms with Gasteiger partial charge in [0.1, 0.15) is 5.75 Å². The van der Waals surface area contributed by atoms with Crippen LogP contribution in [0.5, 0.6) is 5.75 Å². The minimum atomic E-state index is -0.600. The molecular weight excluding hydrogens is 242 g/mol. The number of nitrogens with zero attached hydrogens (tertiary/aromatic N) is 1. The third-order valence-corrected chi connectivity index (χ3v) is 3.37. The van der Waals surface area contributed by atoms with E-state index < -0.39 is 6.10 Å². The van der Waals surface area contributed by atoms with E-state index in [-0.39, 0.29) is 12.5 Å². The zero-order chi connectivity index (χ0) is 13.8. The first-order valence-electron chi connectivity index (χ1n) is 6.82. The zero-order valence-corrected chi connectivity index (χ0v) is 11.5. The van der Waals surface area contributed by atoms with E-state index in [4.69, 9.17) is 4.74 Å². The number of carbonyl (C=O) groups excluding carboxylic acids is 1. The number of amides is 1. The summed E-state index contributed by atoms with van der Waals surface area (Å²) in [6.45, 7) is 4.44. The molecule has 1 aliphatic rings. The van der Waals surface area contributed by atoms with Crippen molar-refractivity contribution in [3.8, 4) is 5.75 Å². The van der Waals surface area contributed by atoms with Gasteiger partial charge in [0.25, 0.3) is 5.91 Å². The van der Waals surface area contributed by atoms with Crippen LogP contribution in [0.15, 0.2) is 24.3 Å². The molecule has 0 unspecified atom stereocenters. The van der Waals surface area contributed by atoms with Crippen LogP contribution in [-0.4, -0.2) is 35.1 Å². The minimum absolute atomic E-state index is 0.0189. The van der Waals surface area contributed by atoms with Crippen LogP contribution in [0.1, 0.15) is 38.4 Å². The van der Waals surface area contributed by atoms with Crippen molar-refractivity contribution < 1.29 is 14.6 Å². The third-order valence-electron chi connectivity index (χ3n) is 3.37. The second kappa shape index (κ2) is 6.06. The van der Waals surface area contributed by atoms with E-state index >= 15 is 0 Å². The lowest BCUT2D eigenvalue weighted by Crippen LogP contribution is -2.36. The highest BCUT2D eigenvalue weighted by Gasteiger charge is 2.31. The predicted octanol–water partition coefficient (Wildman–Crippen LogP) is 2.13. The van der Waals surface area contributed by atoms with E-state index in [9.17, 15) is 9.90 Å². The fraction of sp³-hybridized carbons (Fsp3) is 0.533. The van der Waals surface area contributed by atoms with E-state index in [0.717, 1.165) is 19.4 Å². The molecule has 0 aromatic heterocycles. The number of aliphatic hydroxyl groups excluding tert-OH is 1. The van der Waals surface area contributed by atoms with Gasteiger partial charge in [0, 0.05) is 18.2 Å². The highest BCUT2D eigenvalue weighted by molar-refractivity contribution is 5.78. The molecule has 1 N–H and O–H groups in total. The SMILES string of the molecule is CCN(C(=O)COc1ccccc1[C@@H](C)O)C1CC1. The minimum Gasteiger partial charge on any atom is -0.483 e. The molecule has 1 aromatic carbocycles. The maximum absolute atomic E-state index is 12.0. The van der Waals surface area contributed by atoms with Gasteiger partial charge in [-0.25, -0.2) is 0 Å². The van der Waals surface area contributed by atoms with Crippen molar-refractivity contribution in [3.05, 3.63) is 29.8 Å². The molecule has 0 heterocycles. The van der Waals surface area contributed by atoms with Crippen molar-refractivity contribution in [2.45, 2.75) is 38.8 Å². The van der Waals surface area contributed by atoms with E-state index in [2.05, 4.69) is 0 Å². The van der Waals surface area contributed by atoms with Crippen LogP contribution in [-0.2, 0) is 4.79 Å². The van der Waals surface area contributed by atoms with Crippen molar-refractivity contribution in [1.82, 2.24) is 4.90 Å². The number of ether oxygens (including phenoxy) is 1. The number of rotatable bonds is 6. The van der Waals surface area contributed by atoms with Crippen LogP contribution >= 0.6 is 0 Å². The van der Waals surface area contributed by atoms with Crippen molar-refractivity contribution in [2.24, 2.45) is 0 Å². The summed E-state index contributed by atoms with van der Waals surface area (Å²) in [6, 6.07) is 7.68. The molecule has 4 heteroatoms. The number of para-hydroxylation sites is 1. The average Bonchev–Trinajstić information content (AvgIpc) is 3.22. The molecular formula is C15H21NO3. The largest absolute Gasteiger partial charge is 0.483 e. The Kier molecular flexibility index (Phi) is 4.43. The van der Waals surface area contributed by atoms with E-state index in [0.29, 0.717) is 17.4 Å². The molecule has 0 radical (unpaired) electrons. The maximum Gasteiger partial charge on any atom is 0.260 e. The van der Waals surface area contributed by atoms with Crippen LogP contribution in [0, 0.1) is 0 Å². The van der Waals surface area contributed by atoms with Crippen molar-refractivity contribution in [3.63, 3.8) is 0 Å². The molecule has 1 saturated carbocycles. The molecule has 0 saturated heterocycles. The monoisotopic (exact) mass is 263 g/mol. The molecule has 4 nitrogen and oxygen atoms in total. The summed E-state index contributed by atoms with van der Waals surface area (Å²) < 4.78 is 5.57. The lowest BCUT2D eigenvalue weighted by atomic mass is 10.1. The predicted molar refractivity (Wildman–Crippen MR) is 73.0 cm³/mol. The summed E-state index contributed by atoms with van der Waals surface area (Å²) in [7, 11) is 0. The van der Waals surface area contributed by atoms with Crippen molar-refractivity contribution in [1.29, 1.82) is 0 Å². The molecule has 2 rings (SSSR count). The molecule has 1 amide bonds. The first-order valence-corrected chi connectivity index (χ1v) is 6.82. The molecule has 19 heavy (non-hydrogen) atoms. The second-order valence-electron chi connectivity index (χ2n) is 4.91. The van der Waals surface area contributed by atoms with Crippen LogP contribution < -0.4 is 4.74 Å². The van der Waals surface area contributed by atoms with Crippen LogP contribution in [0.4, 0.5) is 0 Å². The fourth-order valence-electron chi connectivity index (χ4n) is 2.20. The molecule has 0 bridgehead atoms. The quantitative estimate of drug-likeness (QED) is 0.855. The van der Waals surface area contributed by atoms with Gasteiger partial charge < -0.3 is 14.7 Å². The number of hydrogen-bond donors (Lipinski definition) is 1. The standard InChI is InChI=1S/C15H21NO3/c1-3-16(12-8-9-12)15(18)10-19-14-7-5-4-6-13(14)11(2)17/h4-7,11-12,17H,3,8-10H2,1-2H3/t11-/m1/s1. The Bertz CT molecular complexity index is 441. The highest BCUT2D eigenvalue weighted by Crippen LogP contribution is 2.27. The number of hydrogen-bond acceptors (Lipinski definition) is 3. The van der Waals surface area contributed by atoms with Gasteiger partial charge in [-0.05, 0) is 32.8 Å². The Morgan fingerprint density at radius 2 is 2.16 bits per heavy atom. The summed E-state index contributed by atoms with van der Waals surface area (Å²) in [4.78, 5) is 13.9. The number of likely N-dealkylation sites (N-methyl/N-ethyl adjacent to an activating group) is 1. The summed E-state index contributed by atoms with van der Waals surface area (Å²) >= 11 is 0. The molecule has 104 valence electrons. The Balaban J connectivity index is 1.96. The summed E-state index contributed by atoms with van der Waals surface area (Å²) in [6.07, 6.45) is 1.60. The van der Waals surface area contributed by atoms with Gasteiger partial charge in [-0.2, -0.15) is 0 Å². The van der Waals surface area contributed by atoms with E-state index in [1.807, 2.05) is 30.0 Å². The van der Waals surface area contributed by atoms with E-state index in [1.54, 1.807) is 13.0 Å². The second-order valence-corrected chi connectivity index (χ2v) is 4.91. The highest BCUT2D eigenvalue weighted by atomic mass is 16.5. The fourth-order valence-corrected chi connectivity index (χ4v) is 2.20. The molecule has 1 aromatic rings. The average molecular weight is 263 g/mol. The van der Waals surface area contributed by atoms with Gasteiger partial charge in [0.2, 0.25) is 0 Å². The summed E-state index contributed by atoms with van der Waals surface area (Å²) in [5.74, 6) is 0.600. The Hall–Kier alpha value is -1.55. The number of aliphatic hydroxyl groups is 1. The topological polar surface area (TPSA) is 49.8 Å². The van der Waals surface area contributed by atoms with Crippen molar-refractivity contribution in [2.75, 3.05) is 13.2 Å². The van der Waals surface area contributed by atoms with Gasteiger partial charge in [-0.3, -0.25) is 4.79 Å². The molecule has 1 atom stereocenters. The van der Waals surface area contributed by atoms with Gasteiger partial charge >= 0.3 is 0 Å². The van der Waals surface area contributed by atoms with Gasteiger partial charge in [0.05, 0.1) is 6.10 Å². The van der Waals surface area contributed by atoms with Gasteiger partial charge in [0.15, 0.2) is 6.61 Å². The first-order chi connectivity index (χ1) is 9.13. The van der Waals surface area contributed by atoms with E-state index in [1.165, 1.54) is 0 Å². The molecule has 1 aliphatic carbocycles. The number of carbonyl (C=O) groups is 1. The lowest BCUT2D eigenvalue weighted by Gasteiger charge is -2.21. The summed E-state index contributed by atoms with van der Waals surface area (Å²) in [5.41, 5.74) is 0.713. The van der Waals surface area contributed by atoms with Gasteiger partial charge in [-0.15, -0.1) is 0 Å². The van der Waals surface area contributed by atoms with Gasteiger partial charge in [-0.1, -0.05) is 18.2 Å². The normalized spacial score (nSPS) is 15.9. The lowest BCUT2D eigenvalue weighted by molar-refractivity contribution is -0.133.